The molecule has 0 amide bonds. The molecule has 8 heteroatoms. The maximum atomic E-state index is 14.1. The number of anilines is 3. The number of phenolic OH excluding ortho intramolecular Hbond substituents is 2. The summed E-state index contributed by atoms with van der Waals surface area (Å²) in [5.74, 6) is -3.01. The number of aliphatic hydroxyl groups is 3. The van der Waals surface area contributed by atoms with E-state index in [0.29, 0.717) is 11.0 Å². The first-order valence-corrected chi connectivity index (χ1v) is 22.3. The number of aromatic hydroxyl groups is 2. The second-order valence-corrected chi connectivity index (χ2v) is 18.6. The predicted octanol–water partition coefficient (Wildman–Crippen LogP) is 12.3. The Kier molecular flexibility index (Phi) is 9.23. The standard InChI is InChI=1S/C56H38NO6P/c58-47-29-43(57(41-21-17-33-9-1-5-13-37(33)25-41)42-22-18-34-10-2-6-14-38(34)26-42)30-48(59)51(47)53-55(62)54(56(53)63)52-49(60)31-46(32-50(52)61)64(44-23-19-35-11-3-7-15-39(35)27-44)45-24-20-36-12-4-8-16-40(36)28-45/h1-32,58-62,64H. The maximum Gasteiger partial charge on any atom is 0.202 e. The summed E-state index contributed by atoms with van der Waals surface area (Å²) in [4.78, 5) is 16.0. The highest BCUT2D eigenvalue weighted by atomic mass is 31.1. The predicted molar refractivity (Wildman–Crippen MR) is 263 cm³/mol. The van der Waals surface area contributed by atoms with E-state index in [9.17, 15) is 30.3 Å². The summed E-state index contributed by atoms with van der Waals surface area (Å²) >= 11 is 0. The minimum Gasteiger partial charge on any atom is -0.507 e. The Bertz CT molecular complexity index is 3440. The Balaban J connectivity index is 1.01. The molecule has 0 heterocycles. The Labute approximate surface area is 368 Å². The quantitative estimate of drug-likeness (QED) is 0.0834. The monoisotopic (exact) mass is 851 g/mol. The lowest BCUT2D eigenvalue weighted by molar-refractivity contribution is -0.111. The first kappa shape index (κ1) is 38.7. The van der Waals surface area contributed by atoms with Gasteiger partial charge in [0.1, 0.15) is 28.8 Å². The van der Waals surface area contributed by atoms with Crippen molar-refractivity contribution in [2.24, 2.45) is 0 Å². The lowest BCUT2D eigenvalue weighted by atomic mass is 9.78. The number of ketones is 1. The molecule has 0 unspecified atom stereocenters. The van der Waals surface area contributed by atoms with Gasteiger partial charge in [0.05, 0.1) is 28.0 Å². The highest BCUT2D eigenvalue weighted by Crippen LogP contribution is 2.50. The van der Waals surface area contributed by atoms with E-state index >= 15 is 0 Å². The normalized spacial score (nSPS) is 14.1. The number of benzene rings is 9. The van der Waals surface area contributed by atoms with E-state index in [0.717, 1.165) is 65.1 Å². The van der Waals surface area contributed by atoms with Crippen molar-refractivity contribution < 1.29 is 30.3 Å². The van der Waals surface area contributed by atoms with Crippen molar-refractivity contribution >= 4 is 95.0 Å². The van der Waals surface area contributed by atoms with Crippen molar-refractivity contribution in [3.63, 3.8) is 0 Å². The molecule has 5 N–H and O–H groups in total. The van der Waals surface area contributed by atoms with E-state index in [2.05, 4.69) is 60.7 Å². The lowest BCUT2D eigenvalue weighted by Crippen LogP contribution is -2.25. The molecule has 0 radical (unpaired) electrons. The van der Waals surface area contributed by atoms with Crippen molar-refractivity contribution in [3.8, 4) is 11.5 Å². The van der Waals surface area contributed by atoms with Crippen LogP contribution in [0.4, 0.5) is 17.1 Å². The summed E-state index contributed by atoms with van der Waals surface area (Å²) in [6.45, 7) is 0. The van der Waals surface area contributed by atoms with Crippen LogP contribution in [0.2, 0.25) is 0 Å². The van der Waals surface area contributed by atoms with Crippen molar-refractivity contribution in [2.75, 3.05) is 4.90 Å². The van der Waals surface area contributed by atoms with Crippen LogP contribution in [-0.2, 0) is 4.79 Å². The molecule has 2 aliphatic rings. The lowest BCUT2D eigenvalue weighted by Gasteiger charge is -2.29. The van der Waals surface area contributed by atoms with Crippen LogP contribution in [0, 0.1) is 0 Å². The second-order valence-electron chi connectivity index (χ2n) is 16.1. The van der Waals surface area contributed by atoms with Gasteiger partial charge in [0, 0.05) is 23.5 Å². The molecule has 7 nitrogen and oxygen atoms in total. The van der Waals surface area contributed by atoms with Crippen LogP contribution in [0.3, 0.4) is 0 Å². The van der Waals surface area contributed by atoms with Gasteiger partial charge in [-0.15, -0.1) is 0 Å². The summed E-state index contributed by atoms with van der Waals surface area (Å²) in [6, 6.07) is 59.6. The minimum absolute atomic E-state index is 0.234. The fraction of sp³-hybridized carbons (Fsp3) is 0. The van der Waals surface area contributed by atoms with Crippen LogP contribution in [0.25, 0.3) is 48.7 Å². The highest BCUT2D eigenvalue weighted by Gasteiger charge is 2.42. The van der Waals surface area contributed by atoms with Gasteiger partial charge in [0.15, 0.2) is 0 Å². The van der Waals surface area contributed by atoms with Crippen molar-refractivity contribution in [3.05, 3.63) is 228 Å². The number of fused-ring (bicyclic) bond motifs is 4. The SMILES string of the molecule is O=C1C(=C2C(O)=CC(=[PH](c3ccc4ccccc4c3)c3ccc4ccccc4c3)C=C2O)C(O)=C1c1c(O)cc(N(c2ccc3ccccc3c2)c2ccc3ccccc3c2)cc1O. The topological polar surface area (TPSA) is 121 Å². The van der Waals surface area contributed by atoms with Gasteiger partial charge in [0.25, 0.3) is 0 Å². The molecule has 0 atom stereocenters. The molecule has 0 fully saturated rings. The fourth-order valence-electron chi connectivity index (χ4n) is 9.13. The molecule has 0 bridgehead atoms. The molecule has 0 saturated carbocycles. The number of hydrogen-bond acceptors (Lipinski definition) is 7. The van der Waals surface area contributed by atoms with Crippen LogP contribution in [0.5, 0.6) is 11.5 Å². The number of allylic oxidation sites excluding steroid dienone is 4. The third-order valence-electron chi connectivity index (χ3n) is 12.2. The molecule has 9 aromatic rings. The van der Waals surface area contributed by atoms with E-state index in [1.165, 1.54) is 12.1 Å². The fourth-order valence-corrected chi connectivity index (χ4v) is 11.8. The highest BCUT2D eigenvalue weighted by molar-refractivity contribution is 7.74. The van der Waals surface area contributed by atoms with Gasteiger partial charge < -0.3 is 30.4 Å². The van der Waals surface area contributed by atoms with Gasteiger partial charge in [-0.05, 0) is 108 Å². The molecule has 0 aliphatic heterocycles. The zero-order valence-electron chi connectivity index (χ0n) is 34.1. The summed E-state index contributed by atoms with van der Waals surface area (Å²) < 4.78 is 0. The Hall–Kier alpha value is -8.25. The minimum atomic E-state index is -1.86. The van der Waals surface area contributed by atoms with Gasteiger partial charge >= 0.3 is 0 Å². The number of phenols is 2. The average Bonchev–Trinajstić information content (AvgIpc) is 3.31. The molecule has 11 rings (SSSR count). The third-order valence-corrected chi connectivity index (χ3v) is 14.9. The van der Waals surface area contributed by atoms with E-state index in [4.69, 9.17) is 0 Å². The summed E-state index contributed by atoms with van der Waals surface area (Å²) in [5, 5.41) is 69.4. The molecule has 0 saturated heterocycles. The van der Waals surface area contributed by atoms with E-state index in [-0.39, 0.29) is 22.3 Å². The van der Waals surface area contributed by atoms with Crippen LogP contribution in [0.1, 0.15) is 5.56 Å². The Morgan fingerprint density at radius 1 is 0.375 bits per heavy atom. The van der Waals surface area contributed by atoms with E-state index < -0.39 is 42.1 Å². The first-order chi connectivity index (χ1) is 31.2. The van der Waals surface area contributed by atoms with Crippen LogP contribution < -0.4 is 15.5 Å². The number of carbonyl (C=O) groups excluding carboxylic acids is 1. The van der Waals surface area contributed by atoms with Crippen LogP contribution >= 0.6 is 7.55 Å². The van der Waals surface area contributed by atoms with Crippen molar-refractivity contribution in [1.29, 1.82) is 0 Å². The van der Waals surface area contributed by atoms with E-state index in [1.807, 2.05) is 114 Å². The molecular weight excluding hydrogens is 814 g/mol. The van der Waals surface area contributed by atoms with Crippen molar-refractivity contribution in [2.45, 2.75) is 0 Å². The zero-order valence-corrected chi connectivity index (χ0v) is 35.1. The number of aliphatic hydroxyl groups excluding tert-OH is 3. The van der Waals surface area contributed by atoms with Gasteiger partial charge in [-0.2, -0.15) is 0 Å². The number of Topliss-reactive ketones (excluding diaryl/α,β-unsaturated/α-hetero) is 1. The summed E-state index contributed by atoms with van der Waals surface area (Å²) in [5.41, 5.74) is 0.777. The molecule has 308 valence electrons. The molecule has 0 aromatic heterocycles. The first-order valence-electron chi connectivity index (χ1n) is 20.8. The summed E-state index contributed by atoms with van der Waals surface area (Å²) in [7, 11) is -1.86. The number of nitrogens with zero attached hydrogens (tertiary/aromatic N) is 1. The van der Waals surface area contributed by atoms with E-state index in [1.54, 1.807) is 12.2 Å². The second kappa shape index (κ2) is 15.3. The Morgan fingerprint density at radius 2 is 0.766 bits per heavy atom. The molecule has 0 spiro atoms. The number of rotatable bonds is 6. The smallest absolute Gasteiger partial charge is 0.202 e. The summed E-state index contributed by atoms with van der Waals surface area (Å²) in [6.07, 6.45) is 3.11. The molecule has 9 aromatic carbocycles. The van der Waals surface area contributed by atoms with Gasteiger partial charge in [-0.1, -0.05) is 141 Å². The maximum absolute atomic E-state index is 14.1. The van der Waals surface area contributed by atoms with Gasteiger partial charge in [-0.25, -0.2) is 0 Å². The third kappa shape index (κ3) is 6.49. The van der Waals surface area contributed by atoms with Crippen LogP contribution in [0.15, 0.2) is 223 Å². The number of carbonyl (C=O) groups is 1. The largest absolute Gasteiger partial charge is 0.507 e. The molecule has 64 heavy (non-hydrogen) atoms. The molecular formula is C56H38NO6P. The van der Waals surface area contributed by atoms with Gasteiger partial charge in [0.2, 0.25) is 5.78 Å². The zero-order chi connectivity index (χ0) is 43.6. The number of hydrogen-bond donors (Lipinski definition) is 5. The van der Waals surface area contributed by atoms with Gasteiger partial charge in [-0.3, -0.25) is 4.79 Å². The average molecular weight is 852 g/mol. The molecule has 2 aliphatic carbocycles. The van der Waals surface area contributed by atoms with Crippen molar-refractivity contribution in [1.82, 2.24) is 0 Å². The Morgan fingerprint density at radius 3 is 1.19 bits per heavy atom. The van der Waals surface area contributed by atoms with Crippen LogP contribution in [-0.4, -0.2) is 36.6 Å².